The first-order valence-corrected chi connectivity index (χ1v) is 11.0. The number of hydrogen-bond donors (Lipinski definition) is 0. The van der Waals surface area contributed by atoms with Crippen molar-refractivity contribution in [1.82, 2.24) is 9.80 Å². The summed E-state index contributed by atoms with van der Waals surface area (Å²) in [6.45, 7) is 14.2. The number of carbonyl (C=O) groups excluding carboxylic acids is 4. The fraction of sp³-hybridized carbons (Fsp3) is 0.818. The predicted molar refractivity (Wildman–Crippen MR) is 116 cm³/mol. The van der Waals surface area contributed by atoms with Crippen molar-refractivity contribution in [3.05, 3.63) is 0 Å². The topological polar surface area (TPSA) is 112 Å². The van der Waals surface area contributed by atoms with Crippen molar-refractivity contribution in [2.45, 2.75) is 91.5 Å². The Morgan fingerprint density at radius 3 is 1.44 bits per heavy atom. The molecule has 32 heavy (non-hydrogen) atoms. The van der Waals surface area contributed by atoms with Crippen LogP contribution >= 0.6 is 0 Å². The zero-order valence-electron chi connectivity index (χ0n) is 20.6. The summed E-state index contributed by atoms with van der Waals surface area (Å²) in [6.07, 6.45) is -1.59. The van der Waals surface area contributed by atoms with Crippen molar-refractivity contribution in [2.24, 2.45) is 0 Å². The lowest BCUT2D eigenvalue weighted by molar-refractivity contribution is -0.147. The largest absolute Gasteiger partial charge is 0.466 e. The van der Waals surface area contributed by atoms with Gasteiger partial charge in [0.25, 0.3) is 0 Å². The fourth-order valence-corrected chi connectivity index (χ4v) is 3.30. The van der Waals surface area contributed by atoms with Crippen LogP contribution in [-0.2, 0) is 28.5 Å². The van der Waals surface area contributed by atoms with Crippen molar-refractivity contribution in [1.29, 1.82) is 0 Å². The van der Waals surface area contributed by atoms with E-state index >= 15 is 0 Å². The van der Waals surface area contributed by atoms with E-state index in [-0.39, 0.29) is 39.1 Å². The first kappa shape index (κ1) is 27.5. The average molecular weight is 459 g/mol. The van der Waals surface area contributed by atoms with Crippen LogP contribution in [0.2, 0.25) is 0 Å². The van der Waals surface area contributed by atoms with Gasteiger partial charge in [-0.1, -0.05) is 0 Å². The third kappa shape index (κ3) is 9.32. The van der Waals surface area contributed by atoms with E-state index in [1.807, 2.05) is 0 Å². The molecule has 0 bridgehead atoms. The SMILES string of the molecule is CCOC(=O)CC1CN(C(=O)OC(C)(C)C)C[C@@H](CC(=O)OCC)N1C(=O)OC(C)(C)C. The van der Waals surface area contributed by atoms with Crippen LogP contribution in [0.25, 0.3) is 0 Å². The Kier molecular flexibility index (Phi) is 9.78. The molecule has 1 heterocycles. The molecule has 0 aromatic heterocycles. The molecule has 0 spiro atoms. The molecule has 1 unspecified atom stereocenters. The Hall–Kier alpha value is -2.52. The lowest BCUT2D eigenvalue weighted by Crippen LogP contribution is -2.63. The van der Waals surface area contributed by atoms with Crippen LogP contribution in [0.3, 0.4) is 0 Å². The van der Waals surface area contributed by atoms with Crippen molar-refractivity contribution in [3.8, 4) is 0 Å². The quantitative estimate of drug-likeness (QED) is 0.441. The van der Waals surface area contributed by atoms with Gasteiger partial charge in [-0.05, 0) is 55.4 Å². The molecule has 0 aliphatic carbocycles. The maximum atomic E-state index is 13.1. The predicted octanol–water partition coefficient (Wildman–Crippen LogP) is 3.12. The van der Waals surface area contributed by atoms with Crippen molar-refractivity contribution in [2.75, 3.05) is 26.3 Å². The van der Waals surface area contributed by atoms with E-state index in [1.54, 1.807) is 55.4 Å². The van der Waals surface area contributed by atoms with Crippen LogP contribution in [0.1, 0.15) is 68.2 Å². The highest BCUT2D eigenvalue weighted by molar-refractivity contribution is 5.77. The molecule has 1 fully saturated rings. The van der Waals surface area contributed by atoms with Crippen LogP contribution in [-0.4, -0.2) is 83.5 Å². The summed E-state index contributed by atoms with van der Waals surface area (Å²) in [7, 11) is 0. The lowest BCUT2D eigenvalue weighted by Gasteiger charge is -2.46. The minimum atomic E-state index is -0.789. The van der Waals surface area contributed by atoms with Crippen LogP contribution in [0.4, 0.5) is 9.59 Å². The molecule has 10 nitrogen and oxygen atoms in total. The Labute approximate surface area is 190 Å². The molecule has 2 amide bonds. The Bertz CT molecular complexity index is 650. The average Bonchev–Trinajstić information content (AvgIpc) is 2.58. The summed E-state index contributed by atoms with van der Waals surface area (Å²) in [5.41, 5.74) is -1.52. The molecule has 0 N–H and O–H groups in total. The maximum Gasteiger partial charge on any atom is 0.410 e. The van der Waals surface area contributed by atoms with E-state index in [9.17, 15) is 19.2 Å². The number of carbonyl (C=O) groups is 4. The zero-order valence-corrected chi connectivity index (χ0v) is 20.6. The number of piperazine rings is 1. The van der Waals surface area contributed by atoms with Gasteiger partial charge in [0.05, 0.1) is 38.1 Å². The number of rotatable bonds is 6. The Morgan fingerprint density at radius 1 is 0.719 bits per heavy atom. The van der Waals surface area contributed by atoms with Gasteiger partial charge in [-0.25, -0.2) is 9.59 Å². The highest BCUT2D eigenvalue weighted by Crippen LogP contribution is 2.26. The van der Waals surface area contributed by atoms with Gasteiger partial charge >= 0.3 is 24.1 Å². The molecular formula is C22H38N2O8. The number of hydrogen-bond acceptors (Lipinski definition) is 8. The summed E-state index contributed by atoms with van der Waals surface area (Å²) >= 11 is 0. The second-order valence-electron chi connectivity index (χ2n) is 9.60. The normalized spacial score (nSPS) is 19.2. The summed E-state index contributed by atoms with van der Waals surface area (Å²) in [6, 6.07) is -1.52. The number of nitrogens with zero attached hydrogens (tertiary/aromatic N) is 2. The van der Waals surface area contributed by atoms with E-state index in [2.05, 4.69) is 0 Å². The molecule has 1 aliphatic rings. The van der Waals surface area contributed by atoms with Crippen LogP contribution in [0.5, 0.6) is 0 Å². The van der Waals surface area contributed by atoms with Gasteiger partial charge in [0.2, 0.25) is 0 Å². The number of esters is 2. The Balaban J connectivity index is 3.29. The van der Waals surface area contributed by atoms with Gasteiger partial charge < -0.3 is 23.8 Å². The highest BCUT2D eigenvalue weighted by atomic mass is 16.6. The van der Waals surface area contributed by atoms with E-state index in [0.29, 0.717) is 0 Å². The molecule has 0 aromatic carbocycles. The van der Waals surface area contributed by atoms with Crippen LogP contribution in [0.15, 0.2) is 0 Å². The molecule has 1 rings (SSSR count). The zero-order chi connectivity index (χ0) is 24.7. The Morgan fingerprint density at radius 2 is 1.09 bits per heavy atom. The lowest BCUT2D eigenvalue weighted by atomic mass is 10.0. The smallest absolute Gasteiger partial charge is 0.410 e. The second-order valence-corrected chi connectivity index (χ2v) is 9.60. The number of amides is 2. The summed E-state index contributed by atoms with van der Waals surface area (Å²) in [5, 5.41) is 0. The molecule has 0 saturated carbocycles. The monoisotopic (exact) mass is 458 g/mol. The second kappa shape index (κ2) is 11.4. The first-order valence-electron chi connectivity index (χ1n) is 11.0. The van der Waals surface area contributed by atoms with Crippen molar-refractivity contribution in [3.63, 3.8) is 0 Å². The first-order chi connectivity index (χ1) is 14.7. The molecule has 10 heteroatoms. The molecule has 1 aliphatic heterocycles. The third-order valence-corrected chi connectivity index (χ3v) is 4.32. The number of ether oxygens (including phenoxy) is 4. The van der Waals surface area contributed by atoms with E-state index in [4.69, 9.17) is 18.9 Å². The fourth-order valence-electron chi connectivity index (χ4n) is 3.30. The minimum Gasteiger partial charge on any atom is -0.466 e. The van der Waals surface area contributed by atoms with Gasteiger partial charge in [-0.2, -0.15) is 0 Å². The molecule has 0 radical (unpaired) electrons. The van der Waals surface area contributed by atoms with E-state index in [1.165, 1.54) is 9.80 Å². The van der Waals surface area contributed by atoms with Gasteiger partial charge in [0.1, 0.15) is 11.2 Å². The standard InChI is InChI=1S/C22H38N2O8/c1-9-29-17(25)11-15-13-23(19(27)31-21(3,4)5)14-16(12-18(26)30-10-2)24(15)20(28)32-22(6,7)8/h15-16H,9-14H2,1-8H3/t15-,16?/m1/s1. The third-order valence-electron chi connectivity index (χ3n) is 4.32. The van der Waals surface area contributed by atoms with Gasteiger partial charge in [0, 0.05) is 13.1 Å². The molecule has 2 atom stereocenters. The molecule has 1 saturated heterocycles. The molecule has 0 aromatic rings. The molecule has 184 valence electrons. The molecular weight excluding hydrogens is 420 g/mol. The van der Waals surface area contributed by atoms with E-state index < -0.39 is 47.4 Å². The van der Waals surface area contributed by atoms with Crippen molar-refractivity contribution >= 4 is 24.1 Å². The van der Waals surface area contributed by atoms with Crippen LogP contribution in [0, 0.1) is 0 Å². The summed E-state index contributed by atoms with van der Waals surface area (Å²) < 4.78 is 21.1. The van der Waals surface area contributed by atoms with E-state index in [0.717, 1.165) is 0 Å². The van der Waals surface area contributed by atoms with Gasteiger partial charge in [-0.3, -0.25) is 14.5 Å². The van der Waals surface area contributed by atoms with Crippen LogP contribution < -0.4 is 0 Å². The van der Waals surface area contributed by atoms with Crippen molar-refractivity contribution < 1.29 is 38.1 Å². The maximum absolute atomic E-state index is 13.1. The van der Waals surface area contributed by atoms with Gasteiger partial charge in [0.15, 0.2) is 0 Å². The minimum absolute atomic E-state index is 0.0340. The van der Waals surface area contributed by atoms with Gasteiger partial charge in [-0.15, -0.1) is 0 Å². The summed E-state index contributed by atoms with van der Waals surface area (Å²) in [4.78, 5) is 53.2. The summed E-state index contributed by atoms with van der Waals surface area (Å²) in [5.74, 6) is -1.04. The highest BCUT2D eigenvalue weighted by Gasteiger charge is 2.44.